The fourth-order valence-electron chi connectivity index (χ4n) is 3.10. The van der Waals surface area contributed by atoms with Gasteiger partial charge >= 0.3 is 23.9 Å². The molecule has 11 nitrogen and oxygen atoms in total. The molecule has 11 heteroatoms. The van der Waals surface area contributed by atoms with E-state index in [9.17, 15) is 24.0 Å². The van der Waals surface area contributed by atoms with Crippen molar-refractivity contribution in [2.24, 2.45) is 0 Å². The van der Waals surface area contributed by atoms with Gasteiger partial charge in [0.2, 0.25) is 6.10 Å². The minimum Gasteiger partial charge on any atom is -0.465 e. The van der Waals surface area contributed by atoms with Crippen molar-refractivity contribution in [1.29, 1.82) is 0 Å². The Labute approximate surface area is 177 Å². The van der Waals surface area contributed by atoms with E-state index in [2.05, 4.69) is 5.32 Å². The lowest BCUT2D eigenvalue weighted by molar-refractivity contribution is -0.262. The van der Waals surface area contributed by atoms with Gasteiger partial charge in [-0.2, -0.15) is 0 Å². The minimum atomic E-state index is -2.38. The third-order valence-corrected chi connectivity index (χ3v) is 4.28. The summed E-state index contributed by atoms with van der Waals surface area (Å²) < 4.78 is 26.0. The van der Waals surface area contributed by atoms with Crippen LogP contribution in [0.4, 0.5) is 0 Å². The molecule has 1 amide bonds. The van der Waals surface area contributed by atoms with Gasteiger partial charge in [-0.1, -0.05) is 18.2 Å². The highest BCUT2D eigenvalue weighted by molar-refractivity contribution is 5.98. The summed E-state index contributed by atoms with van der Waals surface area (Å²) in [7, 11) is 1.03. The molecule has 0 aromatic heterocycles. The van der Waals surface area contributed by atoms with Crippen molar-refractivity contribution < 1.29 is 47.7 Å². The lowest BCUT2D eigenvalue weighted by Gasteiger charge is -2.46. The maximum atomic E-state index is 12.8. The SMILES string of the molecule is COC(=O)[C@]1(NC(=O)c2ccccc2)OC[C@H](OC(C)=O)[C@H](OC(C)=O)[C@@H]1OC(C)=O. The van der Waals surface area contributed by atoms with Crippen molar-refractivity contribution in [2.45, 2.75) is 44.8 Å². The molecule has 1 saturated heterocycles. The van der Waals surface area contributed by atoms with Crippen LogP contribution in [0.2, 0.25) is 0 Å². The molecule has 0 aliphatic carbocycles. The first kappa shape index (κ1) is 23.8. The summed E-state index contributed by atoms with van der Waals surface area (Å²) in [5.41, 5.74) is -2.22. The van der Waals surface area contributed by atoms with Gasteiger partial charge in [0.1, 0.15) is 0 Å². The lowest BCUT2D eigenvalue weighted by atomic mass is 9.92. The number of amides is 1. The Morgan fingerprint density at radius 3 is 2.03 bits per heavy atom. The average Bonchev–Trinajstić information content (AvgIpc) is 2.71. The molecule has 0 bridgehead atoms. The van der Waals surface area contributed by atoms with Crippen LogP contribution in [0.3, 0.4) is 0 Å². The highest BCUT2D eigenvalue weighted by Crippen LogP contribution is 2.32. The second-order valence-electron chi connectivity index (χ2n) is 6.61. The highest BCUT2D eigenvalue weighted by atomic mass is 16.7. The first-order valence-corrected chi connectivity index (χ1v) is 9.22. The van der Waals surface area contributed by atoms with Crippen LogP contribution < -0.4 is 5.32 Å². The summed E-state index contributed by atoms with van der Waals surface area (Å²) in [5.74, 6) is -4.30. The van der Waals surface area contributed by atoms with Crippen LogP contribution in [0.25, 0.3) is 0 Å². The molecule has 0 radical (unpaired) electrons. The van der Waals surface area contributed by atoms with Gasteiger partial charge in [0, 0.05) is 26.3 Å². The smallest absolute Gasteiger partial charge is 0.363 e. The molecule has 0 saturated carbocycles. The first-order chi connectivity index (χ1) is 14.6. The maximum Gasteiger partial charge on any atom is 0.363 e. The number of benzene rings is 1. The summed E-state index contributed by atoms with van der Waals surface area (Å²) in [5, 5.41) is 2.39. The highest BCUT2D eigenvalue weighted by Gasteiger charge is 2.62. The van der Waals surface area contributed by atoms with E-state index in [4.69, 9.17) is 23.7 Å². The first-order valence-electron chi connectivity index (χ1n) is 9.22. The minimum absolute atomic E-state index is 0.169. The van der Waals surface area contributed by atoms with E-state index in [0.29, 0.717) is 0 Å². The van der Waals surface area contributed by atoms with Gasteiger partial charge in [0.05, 0.1) is 13.7 Å². The Bertz CT molecular complexity index is 855. The monoisotopic (exact) mass is 437 g/mol. The molecule has 0 unspecified atom stereocenters. The Morgan fingerprint density at radius 1 is 0.935 bits per heavy atom. The van der Waals surface area contributed by atoms with Crippen LogP contribution in [-0.4, -0.2) is 67.5 Å². The van der Waals surface area contributed by atoms with Crippen LogP contribution in [0.1, 0.15) is 31.1 Å². The summed E-state index contributed by atoms with van der Waals surface area (Å²) in [4.78, 5) is 60.7. The number of rotatable bonds is 6. The Hall–Kier alpha value is -3.47. The normalized spacial score (nSPS) is 25.0. The quantitative estimate of drug-likeness (QED) is 0.481. The Balaban J connectivity index is 2.55. The molecular weight excluding hydrogens is 414 g/mol. The van der Waals surface area contributed by atoms with Gasteiger partial charge < -0.3 is 29.0 Å². The molecular formula is C20H23NO10. The topological polar surface area (TPSA) is 144 Å². The number of hydrogen-bond donors (Lipinski definition) is 1. The second-order valence-corrected chi connectivity index (χ2v) is 6.61. The molecule has 4 atom stereocenters. The van der Waals surface area contributed by atoms with Gasteiger partial charge in [-0.05, 0) is 12.1 Å². The van der Waals surface area contributed by atoms with Gasteiger partial charge in [-0.15, -0.1) is 0 Å². The predicted octanol–water partition coefficient (Wildman–Crippen LogP) is 0.111. The van der Waals surface area contributed by atoms with Gasteiger partial charge in [-0.25, -0.2) is 4.79 Å². The summed E-state index contributed by atoms with van der Waals surface area (Å²) in [6.45, 7) is 2.76. The molecule has 1 aliphatic heterocycles. The van der Waals surface area contributed by atoms with E-state index in [1.807, 2.05) is 0 Å². The van der Waals surface area contributed by atoms with Gasteiger partial charge in [0.15, 0.2) is 12.2 Å². The maximum absolute atomic E-state index is 12.8. The zero-order valence-electron chi connectivity index (χ0n) is 17.4. The van der Waals surface area contributed by atoms with Crippen molar-refractivity contribution in [3.05, 3.63) is 35.9 Å². The lowest BCUT2D eigenvalue weighted by Crippen LogP contribution is -2.73. The van der Waals surface area contributed by atoms with Crippen LogP contribution >= 0.6 is 0 Å². The Morgan fingerprint density at radius 2 is 1.52 bits per heavy atom. The van der Waals surface area contributed by atoms with E-state index in [1.54, 1.807) is 18.2 Å². The van der Waals surface area contributed by atoms with E-state index < -0.39 is 60.4 Å². The van der Waals surface area contributed by atoms with Crippen LogP contribution in [0, 0.1) is 0 Å². The van der Waals surface area contributed by atoms with Gasteiger partial charge in [-0.3, -0.25) is 19.2 Å². The van der Waals surface area contributed by atoms with Gasteiger partial charge in [0.25, 0.3) is 11.6 Å². The largest absolute Gasteiger partial charge is 0.465 e. The van der Waals surface area contributed by atoms with Crippen molar-refractivity contribution in [1.82, 2.24) is 5.32 Å². The third-order valence-electron chi connectivity index (χ3n) is 4.28. The summed E-state index contributed by atoms with van der Waals surface area (Å²) in [6, 6.07) is 7.85. The van der Waals surface area contributed by atoms with Crippen LogP contribution in [0.15, 0.2) is 30.3 Å². The van der Waals surface area contributed by atoms with Crippen molar-refractivity contribution in [2.75, 3.05) is 13.7 Å². The predicted molar refractivity (Wildman–Crippen MR) is 101 cm³/mol. The number of carbonyl (C=O) groups is 5. The molecule has 2 rings (SSSR count). The van der Waals surface area contributed by atoms with Crippen molar-refractivity contribution >= 4 is 29.8 Å². The van der Waals surface area contributed by atoms with Crippen molar-refractivity contribution in [3.63, 3.8) is 0 Å². The summed E-state index contributed by atoms with van der Waals surface area (Å²) in [6.07, 6.45) is -4.43. The van der Waals surface area contributed by atoms with E-state index >= 15 is 0 Å². The molecule has 1 aliphatic rings. The number of ether oxygens (including phenoxy) is 5. The number of nitrogens with one attached hydrogen (secondary N) is 1. The Kier molecular flexibility index (Phi) is 7.70. The molecule has 1 aromatic carbocycles. The standard InChI is InChI=1S/C20H23NO10/c1-11(22)29-15-10-28-20(19(26)27-4,21-18(25)14-8-6-5-7-9-14)17(31-13(3)24)16(15)30-12(2)23/h5-9,15-17H,10H2,1-4H3,(H,21,25)/t15-,16-,17-,20+/m0/s1. The summed E-state index contributed by atoms with van der Waals surface area (Å²) >= 11 is 0. The second kappa shape index (κ2) is 10.0. The number of hydrogen-bond acceptors (Lipinski definition) is 10. The number of esters is 4. The van der Waals surface area contributed by atoms with E-state index in [1.165, 1.54) is 12.1 Å². The van der Waals surface area contributed by atoms with E-state index in [-0.39, 0.29) is 5.56 Å². The molecule has 1 heterocycles. The average molecular weight is 437 g/mol. The van der Waals surface area contributed by atoms with E-state index in [0.717, 1.165) is 27.9 Å². The fourth-order valence-corrected chi connectivity index (χ4v) is 3.10. The molecule has 1 aromatic rings. The number of methoxy groups -OCH3 is 1. The zero-order chi connectivity index (χ0) is 23.2. The van der Waals surface area contributed by atoms with Crippen LogP contribution in [0.5, 0.6) is 0 Å². The molecule has 1 N–H and O–H groups in total. The molecule has 1 fully saturated rings. The molecule has 0 spiro atoms. The molecule has 31 heavy (non-hydrogen) atoms. The molecule has 168 valence electrons. The third kappa shape index (κ3) is 5.57. The van der Waals surface area contributed by atoms with Crippen molar-refractivity contribution in [3.8, 4) is 0 Å². The number of carbonyl (C=O) groups excluding carboxylic acids is 5. The van der Waals surface area contributed by atoms with Crippen LogP contribution in [-0.2, 0) is 42.9 Å². The fraction of sp³-hybridized carbons (Fsp3) is 0.450. The zero-order valence-corrected chi connectivity index (χ0v) is 17.4.